The largest absolute Gasteiger partial charge is 0.494 e. The number of nitrogens with zero attached hydrogens (tertiary/aromatic N) is 1. The molecule has 8 heteroatoms. The Bertz CT molecular complexity index is 795. The number of benzene rings is 1. The first-order chi connectivity index (χ1) is 12.4. The lowest BCUT2D eigenvalue weighted by Crippen LogP contribution is -2.21. The van der Waals surface area contributed by atoms with Crippen molar-refractivity contribution in [2.24, 2.45) is 0 Å². The zero-order valence-corrected chi connectivity index (χ0v) is 15.9. The summed E-state index contributed by atoms with van der Waals surface area (Å²) >= 11 is 11.9. The van der Waals surface area contributed by atoms with Gasteiger partial charge in [-0.1, -0.05) is 30.1 Å². The van der Waals surface area contributed by atoms with E-state index in [9.17, 15) is 9.59 Å². The van der Waals surface area contributed by atoms with E-state index in [-0.39, 0.29) is 10.8 Å². The van der Waals surface area contributed by atoms with E-state index in [4.69, 9.17) is 32.7 Å². The van der Waals surface area contributed by atoms with Crippen LogP contribution in [0.25, 0.3) is 0 Å². The van der Waals surface area contributed by atoms with Gasteiger partial charge in [-0.25, -0.2) is 9.78 Å². The average Bonchev–Trinajstić information content (AvgIpc) is 2.63. The fourth-order valence-corrected chi connectivity index (χ4v) is 2.34. The first-order valence-electron chi connectivity index (χ1n) is 7.93. The normalized spacial score (nSPS) is 10.3. The molecule has 1 N–H and O–H groups in total. The van der Waals surface area contributed by atoms with Gasteiger partial charge >= 0.3 is 5.97 Å². The number of carbonyl (C=O) groups excluding carboxylic acids is 2. The summed E-state index contributed by atoms with van der Waals surface area (Å²) < 4.78 is 10.4. The molecule has 2 rings (SSSR count). The molecule has 1 heterocycles. The summed E-state index contributed by atoms with van der Waals surface area (Å²) in [5, 5.41) is 3.07. The highest BCUT2D eigenvalue weighted by Gasteiger charge is 2.13. The summed E-state index contributed by atoms with van der Waals surface area (Å²) in [7, 11) is 0. The summed E-state index contributed by atoms with van der Waals surface area (Å²) in [6.45, 7) is 3.82. The van der Waals surface area contributed by atoms with E-state index in [1.165, 1.54) is 6.07 Å². The molecule has 1 aromatic heterocycles. The molecule has 1 aromatic carbocycles. The van der Waals surface area contributed by atoms with Crippen LogP contribution in [0, 0.1) is 6.92 Å². The Morgan fingerprint density at radius 3 is 2.50 bits per heavy atom. The zero-order valence-electron chi connectivity index (χ0n) is 14.3. The van der Waals surface area contributed by atoms with Crippen LogP contribution in [0.3, 0.4) is 0 Å². The molecule has 0 atom stereocenters. The number of aryl methyl sites for hydroxylation is 1. The molecule has 2 aromatic rings. The van der Waals surface area contributed by atoms with Crippen molar-refractivity contribution in [3.63, 3.8) is 0 Å². The number of hydrogen-bond acceptors (Lipinski definition) is 5. The minimum Gasteiger partial charge on any atom is -0.494 e. The first kappa shape index (κ1) is 20.0. The molecule has 0 bridgehead atoms. The predicted molar refractivity (Wildman–Crippen MR) is 100 cm³/mol. The van der Waals surface area contributed by atoms with Gasteiger partial charge in [0, 0.05) is 0 Å². The van der Waals surface area contributed by atoms with E-state index >= 15 is 0 Å². The van der Waals surface area contributed by atoms with Gasteiger partial charge < -0.3 is 14.8 Å². The Balaban J connectivity index is 1.88. The molecule has 0 spiro atoms. The monoisotopic (exact) mass is 396 g/mol. The van der Waals surface area contributed by atoms with Crippen LogP contribution in [-0.4, -0.2) is 30.1 Å². The molecule has 1 amide bonds. The average molecular weight is 397 g/mol. The van der Waals surface area contributed by atoms with Crippen molar-refractivity contribution in [3.05, 3.63) is 51.6 Å². The lowest BCUT2D eigenvalue weighted by Gasteiger charge is -2.09. The molecule has 26 heavy (non-hydrogen) atoms. The van der Waals surface area contributed by atoms with Gasteiger partial charge in [0.15, 0.2) is 12.4 Å². The molecule has 0 radical (unpaired) electrons. The van der Waals surface area contributed by atoms with Crippen molar-refractivity contribution in [2.75, 3.05) is 18.5 Å². The number of nitrogens with one attached hydrogen (secondary N) is 1. The number of ether oxygens (including phenoxy) is 2. The maximum Gasteiger partial charge on any atom is 0.338 e. The van der Waals surface area contributed by atoms with Gasteiger partial charge in [0.25, 0.3) is 5.91 Å². The Labute approximate surface area is 161 Å². The number of rotatable bonds is 7. The van der Waals surface area contributed by atoms with E-state index < -0.39 is 18.5 Å². The summed E-state index contributed by atoms with van der Waals surface area (Å²) in [6, 6.07) is 7.98. The Morgan fingerprint density at radius 1 is 1.15 bits per heavy atom. The second kappa shape index (κ2) is 9.40. The van der Waals surface area contributed by atoms with E-state index in [2.05, 4.69) is 10.3 Å². The van der Waals surface area contributed by atoms with Gasteiger partial charge in [-0.15, -0.1) is 0 Å². The van der Waals surface area contributed by atoms with Crippen molar-refractivity contribution in [1.82, 2.24) is 4.98 Å². The highest BCUT2D eigenvalue weighted by molar-refractivity contribution is 6.36. The number of hydrogen-bond donors (Lipinski definition) is 1. The SMILES string of the molecule is CCCOc1ccc(C(=O)OCC(=O)Nc2nc(C)c(Cl)cc2Cl)cc1. The van der Waals surface area contributed by atoms with Crippen LogP contribution in [0.5, 0.6) is 5.75 Å². The quantitative estimate of drug-likeness (QED) is 0.706. The van der Waals surface area contributed by atoms with Crippen LogP contribution in [-0.2, 0) is 9.53 Å². The molecule has 0 saturated carbocycles. The summed E-state index contributed by atoms with van der Waals surface area (Å²) in [4.78, 5) is 28.0. The minimum atomic E-state index is -0.617. The number of carbonyl (C=O) groups is 2. The molecular weight excluding hydrogens is 379 g/mol. The van der Waals surface area contributed by atoms with Crippen molar-refractivity contribution >= 4 is 40.9 Å². The number of esters is 1. The standard InChI is InChI=1S/C18H18Cl2N2O4/c1-3-8-25-13-6-4-12(5-7-13)18(24)26-10-16(23)22-17-15(20)9-14(19)11(2)21-17/h4-7,9H,3,8,10H2,1-2H3,(H,21,22,23). The third-order valence-electron chi connectivity index (χ3n) is 3.26. The second-order valence-corrected chi connectivity index (χ2v) is 6.20. The number of aromatic nitrogens is 1. The van der Waals surface area contributed by atoms with Crippen LogP contribution in [0.2, 0.25) is 10.0 Å². The minimum absolute atomic E-state index is 0.159. The van der Waals surface area contributed by atoms with Crippen LogP contribution >= 0.6 is 23.2 Å². The third kappa shape index (κ3) is 5.61. The summed E-state index contributed by atoms with van der Waals surface area (Å²) in [5.41, 5.74) is 0.842. The third-order valence-corrected chi connectivity index (χ3v) is 3.93. The maximum atomic E-state index is 12.0. The van der Waals surface area contributed by atoms with Gasteiger partial charge in [-0.05, 0) is 43.7 Å². The molecule has 0 saturated heterocycles. The smallest absolute Gasteiger partial charge is 0.338 e. The summed E-state index contributed by atoms with van der Waals surface area (Å²) in [5.74, 6) is -0.349. The number of anilines is 1. The van der Waals surface area contributed by atoms with Crippen molar-refractivity contribution in [1.29, 1.82) is 0 Å². The zero-order chi connectivity index (χ0) is 19.1. The van der Waals surface area contributed by atoms with Gasteiger partial charge in [-0.3, -0.25) is 4.79 Å². The molecule has 0 aliphatic carbocycles. The highest BCUT2D eigenvalue weighted by atomic mass is 35.5. The lowest BCUT2D eigenvalue weighted by molar-refractivity contribution is -0.119. The maximum absolute atomic E-state index is 12.0. The summed E-state index contributed by atoms with van der Waals surface area (Å²) in [6.07, 6.45) is 0.894. The molecule has 6 nitrogen and oxygen atoms in total. The number of pyridine rings is 1. The fraction of sp³-hybridized carbons (Fsp3) is 0.278. The second-order valence-electron chi connectivity index (χ2n) is 5.38. The molecule has 0 unspecified atom stereocenters. The van der Waals surface area contributed by atoms with Crippen molar-refractivity contribution < 1.29 is 19.1 Å². The molecule has 0 aliphatic rings. The van der Waals surface area contributed by atoms with Crippen LogP contribution in [0.4, 0.5) is 5.82 Å². The first-order valence-corrected chi connectivity index (χ1v) is 8.68. The van der Waals surface area contributed by atoms with Gasteiger partial charge in [-0.2, -0.15) is 0 Å². The van der Waals surface area contributed by atoms with Gasteiger partial charge in [0.1, 0.15) is 5.75 Å². The van der Waals surface area contributed by atoms with E-state index in [1.54, 1.807) is 31.2 Å². The van der Waals surface area contributed by atoms with Crippen molar-refractivity contribution in [2.45, 2.75) is 20.3 Å². The van der Waals surface area contributed by atoms with E-state index in [0.29, 0.717) is 28.6 Å². The van der Waals surface area contributed by atoms with Crippen LogP contribution in [0.15, 0.2) is 30.3 Å². The van der Waals surface area contributed by atoms with Gasteiger partial charge in [0.05, 0.1) is 27.9 Å². The molecule has 0 aliphatic heterocycles. The fourth-order valence-electron chi connectivity index (χ4n) is 1.94. The van der Waals surface area contributed by atoms with Crippen LogP contribution < -0.4 is 10.1 Å². The Morgan fingerprint density at radius 2 is 1.85 bits per heavy atom. The van der Waals surface area contributed by atoms with Gasteiger partial charge in [0.2, 0.25) is 0 Å². The predicted octanol–water partition coefficient (Wildman–Crippen LogP) is 4.28. The van der Waals surface area contributed by atoms with E-state index in [1.807, 2.05) is 6.92 Å². The van der Waals surface area contributed by atoms with E-state index in [0.717, 1.165) is 6.42 Å². The number of halogens is 2. The van der Waals surface area contributed by atoms with Crippen LogP contribution in [0.1, 0.15) is 29.4 Å². The Hall–Kier alpha value is -2.31. The molecular formula is C18H18Cl2N2O4. The highest BCUT2D eigenvalue weighted by Crippen LogP contribution is 2.25. The molecule has 0 fully saturated rings. The topological polar surface area (TPSA) is 77.5 Å². The van der Waals surface area contributed by atoms with Crippen molar-refractivity contribution in [3.8, 4) is 5.75 Å². The molecule has 138 valence electrons. The number of amides is 1. The Kier molecular flexibility index (Phi) is 7.24. The lowest BCUT2D eigenvalue weighted by atomic mass is 10.2.